The SMILES string of the molecule is CC(C)(C)c1nsc(NC2(CO)CCCCC2)n1. The van der Waals surface area contributed by atoms with Crippen molar-refractivity contribution >= 4 is 16.7 Å². The van der Waals surface area contributed by atoms with Gasteiger partial charge in [0, 0.05) is 16.9 Å². The molecule has 5 heteroatoms. The largest absolute Gasteiger partial charge is 0.394 e. The first-order valence-corrected chi connectivity index (χ1v) is 7.46. The van der Waals surface area contributed by atoms with Crippen LogP contribution in [0.25, 0.3) is 0 Å². The Hall–Kier alpha value is -0.680. The Bertz CT molecular complexity index is 391. The van der Waals surface area contributed by atoms with Crippen LogP contribution < -0.4 is 5.32 Å². The summed E-state index contributed by atoms with van der Waals surface area (Å²) in [5.74, 6) is 0.874. The first-order chi connectivity index (χ1) is 8.45. The average molecular weight is 269 g/mol. The molecule has 1 aliphatic rings. The lowest BCUT2D eigenvalue weighted by Gasteiger charge is -2.36. The molecule has 0 bridgehead atoms. The summed E-state index contributed by atoms with van der Waals surface area (Å²) < 4.78 is 4.40. The maximum atomic E-state index is 9.66. The van der Waals surface area contributed by atoms with Crippen molar-refractivity contribution in [2.75, 3.05) is 11.9 Å². The summed E-state index contributed by atoms with van der Waals surface area (Å²) >= 11 is 1.40. The number of anilines is 1. The zero-order valence-corrected chi connectivity index (χ0v) is 12.3. The number of hydrogen-bond acceptors (Lipinski definition) is 5. The topological polar surface area (TPSA) is 58.0 Å². The second kappa shape index (κ2) is 5.13. The molecule has 0 radical (unpaired) electrons. The van der Waals surface area contributed by atoms with Crippen molar-refractivity contribution in [1.82, 2.24) is 9.36 Å². The fraction of sp³-hybridized carbons (Fsp3) is 0.846. The third kappa shape index (κ3) is 3.01. The number of nitrogens with zero attached hydrogens (tertiary/aromatic N) is 2. The van der Waals surface area contributed by atoms with Crippen molar-refractivity contribution in [1.29, 1.82) is 0 Å². The van der Waals surface area contributed by atoms with Gasteiger partial charge >= 0.3 is 0 Å². The monoisotopic (exact) mass is 269 g/mol. The minimum atomic E-state index is -0.174. The molecule has 0 spiro atoms. The molecule has 102 valence electrons. The number of aliphatic hydroxyl groups excluding tert-OH is 1. The molecule has 0 aliphatic heterocycles. The van der Waals surface area contributed by atoms with E-state index in [9.17, 15) is 5.11 Å². The summed E-state index contributed by atoms with van der Waals surface area (Å²) in [6.45, 7) is 6.52. The standard InChI is InChI=1S/C13H23N3OS/c1-12(2,3)10-14-11(18-16-10)15-13(9-17)7-5-4-6-8-13/h17H,4-9H2,1-3H3,(H,14,15,16). The van der Waals surface area contributed by atoms with Gasteiger partial charge in [-0.25, -0.2) is 4.98 Å². The van der Waals surface area contributed by atoms with Crippen LogP contribution >= 0.6 is 11.5 Å². The third-order valence-electron chi connectivity index (χ3n) is 3.58. The van der Waals surface area contributed by atoms with E-state index in [1.54, 1.807) is 0 Å². The van der Waals surface area contributed by atoms with Gasteiger partial charge in [-0.2, -0.15) is 4.37 Å². The van der Waals surface area contributed by atoms with E-state index >= 15 is 0 Å². The maximum absolute atomic E-state index is 9.66. The van der Waals surface area contributed by atoms with Crippen LogP contribution in [0.3, 0.4) is 0 Å². The molecule has 2 rings (SSSR count). The van der Waals surface area contributed by atoms with Crippen LogP contribution in [-0.2, 0) is 5.41 Å². The van der Waals surface area contributed by atoms with E-state index < -0.39 is 0 Å². The molecule has 1 aromatic rings. The Morgan fingerprint density at radius 1 is 1.28 bits per heavy atom. The van der Waals surface area contributed by atoms with Gasteiger partial charge in [0.1, 0.15) is 5.82 Å². The number of aromatic nitrogens is 2. The first kappa shape index (κ1) is 13.7. The molecule has 2 N–H and O–H groups in total. The zero-order chi connectivity index (χ0) is 13.2. The van der Waals surface area contributed by atoms with Crippen molar-refractivity contribution in [3.8, 4) is 0 Å². The molecule has 4 nitrogen and oxygen atoms in total. The van der Waals surface area contributed by atoms with Gasteiger partial charge in [-0.3, -0.25) is 0 Å². The van der Waals surface area contributed by atoms with Crippen LogP contribution in [0.2, 0.25) is 0 Å². The fourth-order valence-electron chi connectivity index (χ4n) is 2.36. The van der Waals surface area contributed by atoms with Crippen molar-refractivity contribution in [2.45, 2.75) is 63.8 Å². The number of nitrogens with one attached hydrogen (secondary N) is 1. The summed E-state index contributed by atoms with van der Waals surface area (Å²) in [5.41, 5.74) is -0.192. The molecule has 1 saturated carbocycles. The Morgan fingerprint density at radius 3 is 2.44 bits per heavy atom. The van der Waals surface area contributed by atoms with Crippen molar-refractivity contribution in [3.63, 3.8) is 0 Å². The molecule has 1 aliphatic carbocycles. The normalized spacial score (nSPS) is 19.8. The van der Waals surface area contributed by atoms with Gasteiger partial charge in [-0.15, -0.1) is 0 Å². The smallest absolute Gasteiger partial charge is 0.203 e. The number of aliphatic hydroxyl groups is 1. The predicted octanol–water partition coefficient (Wildman–Crippen LogP) is 2.94. The second-order valence-electron chi connectivity index (χ2n) is 6.30. The third-order valence-corrected chi connectivity index (χ3v) is 4.21. The quantitative estimate of drug-likeness (QED) is 0.886. The lowest BCUT2D eigenvalue weighted by Crippen LogP contribution is -2.43. The Kier molecular flexibility index (Phi) is 3.92. The average Bonchev–Trinajstić information content (AvgIpc) is 2.78. The van der Waals surface area contributed by atoms with Gasteiger partial charge in [-0.05, 0) is 12.8 Å². The van der Waals surface area contributed by atoms with Crippen LogP contribution in [0.4, 0.5) is 5.13 Å². The zero-order valence-electron chi connectivity index (χ0n) is 11.5. The highest BCUT2D eigenvalue weighted by atomic mass is 32.1. The second-order valence-corrected chi connectivity index (χ2v) is 7.05. The van der Waals surface area contributed by atoms with E-state index in [2.05, 4.69) is 35.4 Å². The maximum Gasteiger partial charge on any atom is 0.203 e. The van der Waals surface area contributed by atoms with Crippen molar-refractivity contribution in [3.05, 3.63) is 5.82 Å². The molecule has 0 aromatic carbocycles. The molecule has 0 saturated heterocycles. The fourth-order valence-corrected chi connectivity index (χ4v) is 3.23. The van der Waals surface area contributed by atoms with Gasteiger partial charge in [0.25, 0.3) is 0 Å². The van der Waals surface area contributed by atoms with Crippen LogP contribution in [0, 0.1) is 0 Å². The van der Waals surface area contributed by atoms with E-state index in [0.717, 1.165) is 23.8 Å². The minimum absolute atomic E-state index is 0.0185. The van der Waals surface area contributed by atoms with Gasteiger partial charge in [0.2, 0.25) is 5.13 Å². The predicted molar refractivity (Wildman–Crippen MR) is 75.1 cm³/mol. The van der Waals surface area contributed by atoms with Crippen LogP contribution in [0.1, 0.15) is 58.7 Å². The van der Waals surface area contributed by atoms with Gasteiger partial charge in [0.05, 0.1) is 12.1 Å². The molecule has 0 atom stereocenters. The minimum Gasteiger partial charge on any atom is -0.394 e. The highest BCUT2D eigenvalue weighted by Gasteiger charge is 2.32. The molecule has 18 heavy (non-hydrogen) atoms. The Morgan fingerprint density at radius 2 is 1.94 bits per heavy atom. The van der Waals surface area contributed by atoms with Crippen LogP contribution in [0.15, 0.2) is 0 Å². The number of rotatable bonds is 3. The van der Waals surface area contributed by atoms with Gasteiger partial charge in [-0.1, -0.05) is 40.0 Å². The summed E-state index contributed by atoms with van der Waals surface area (Å²) in [7, 11) is 0. The van der Waals surface area contributed by atoms with E-state index in [1.807, 2.05) is 0 Å². The van der Waals surface area contributed by atoms with Crippen molar-refractivity contribution < 1.29 is 5.11 Å². The summed E-state index contributed by atoms with van der Waals surface area (Å²) in [5, 5.41) is 13.9. The molecule has 1 heterocycles. The van der Waals surface area contributed by atoms with Crippen LogP contribution in [0.5, 0.6) is 0 Å². The van der Waals surface area contributed by atoms with E-state index in [0.29, 0.717) is 0 Å². The highest BCUT2D eigenvalue weighted by molar-refractivity contribution is 7.09. The van der Waals surface area contributed by atoms with Crippen molar-refractivity contribution in [2.24, 2.45) is 0 Å². The number of hydrogen-bond donors (Lipinski definition) is 2. The van der Waals surface area contributed by atoms with E-state index in [4.69, 9.17) is 0 Å². The molecule has 1 aromatic heterocycles. The molecule has 1 fully saturated rings. The first-order valence-electron chi connectivity index (χ1n) is 6.68. The van der Waals surface area contributed by atoms with Gasteiger partial charge in [0.15, 0.2) is 0 Å². The molecular formula is C13H23N3OS. The molecular weight excluding hydrogens is 246 g/mol. The van der Waals surface area contributed by atoms with E-state index in [1.165, 1.54) is 30.8 Å². The Labute approximate surface area is 113 Å². The molecule has 0 unspecified atom stereocenters. The lowest BCUT2D eigenvalue weighted by atomic mass is 9.82. The summed E-state index contributed by atoms with van der Waals surface area (Å²) in [6.07, 6.45) is 5.67. The van der Waals surface area contributed by atoms with Crippen LogP contribution in [-0.4, -0.2) is 26.6 Å². The van der Waals surface area contributed by atoms with Gasteiger partial charge < -0.3 is 10.4 Å². The summed E-state index contributed by atoms with van der Waals surface area (Å²) in [4.78, 5) is 4.55. The molecule has 0 amide bonds. The highest BCUT2D eigenvalue weighted by Crippen LogP contribution is 2.32. The van der Waals surface area contributed by atoms with E-state index in [-0.39, 0.29) is 17.6 Å². The summed E-state index contributed by atoms with van der Waals surface area (Å²) in [6, 6.07) is 0. The lowest BCUT2D eigenvalue weighted by molar-refractivity contribution is 0.173. The Balaban J connectivity index is 2.10.